The number of alkyl carbamates (subject to hydrolysis) is 1. The van der Waals surface area contributed by atoms with Crippen molar-refractivity contribution in [3.05, 3.63) is 29.8 Å². The number of unbranched alkanes of at least 4 members (excludes halogenated alkanes) is 1. The van der Waals surface area contributed by atoms with Crippen molar-refractivity contribution in [1.82, 2.24) is 5.32 Å². The molecule has 0 atom stereocenters. The molecule has 7 heteroatoms. The number of ether oxygens (including phenoxy) is 1. The van der Waals surface area contributed by atoms with Crippen molar-refractivity contribution >= 4 is 24.9 Å². The molecule has 0 bridgehead atoms. The Hall–Kier alpha value is -1.86. The van der Waals surface area contributed by atoms with E-state index in [1.807, 2.05) is 51.3 Å². The first-order valence-corrected chi connectivity index (χ1v) is 9.94. The fourth-order valence-corrected chi connectivity index (χ4v) is 2.63. The highest BCUT2D eigenvalue weighted by Crippen LogP contribution is 2.21. The largest absolute Gasteiger partial charge is 0.493 e. The van der Waals surface area contributed by atoms with Crippen LogP contribution in [0.25, 0.3) is 0 Å². The topological polar surface area (TPSA) is 69.2 Å². The molecule has 1 fully saturated rings. The molecule has 1 aliphatic heterocycles. The Kier molecular flexibility index (Phi) is 8.07. The molecule has 154 valence electrons. The SMILES string of the molecule is CC1(C)COB(c2ccc(C=NCCCCNC(=O)OC(C)(C)C)cc2)OC1. The van der Waals surface area contributed by atoms with Crippen molar-refractivity contribution in [3.63, 3.8) is 0 Å². The molecular weight excluding hydrogens is 355 g/mol. The average molecular weight is 388 g/mol. The van der Waals surface area contributed by atoms with E-state index in [0.717, 1.165) is 30.4 Å². The predicted octanol–water partition coefficient (Wildman–Crippen LogP) is 3.18. The predicted molar refractivity (Wildman–Crippen MR) is 113 cm³/mol. The van der Waals surface area contributed by atoms with Crippen molar-refractivity contribution in [2.24, 2.45) is 10.4 Å². The first-order valence-electron chi connectivity index (χ1n) is 9.94. The summed E-state index contributed by atoms with van der Waals surface area (Å²) in [6, 6.07) is 8.09. The highest BCUT2D eigenvalue weighted by Gasteiger charge is 2.33. The van der Waals surface area contributed by atoms with Crippen molar-refractivity contribution in [1.29, 1.82) is 0 Å². The van der Waals surface area contributed by atoms with Crippen LogP contribution in [0.5, 0.6) is 0 Å². The number of carbonyl (C=O) groups excluding carboxylic acids is 1. The van der Waals surface area contributed by atoms with Crippen LogP contribution in [0.4, 0.5) is 4.79 Å². The molecule has 1 aromatic carbocycles. The van der Waals surface area contributed by atoms with Gasteiger partial charge in [-0.1, -0.05) is 38.1 Å². The molecule has 1 aromatic rings. The molecule has 1 aliphatic rings. The lowest BCUT2D eigenvalue weighted by atomic mass is 9.76. The highest BCUT2D eigenvalue weighted by molar-refractivity contribution is 6.61. The minimum atomic E-state index is -0.463. The van der Waals surface area contributed by atoms with Crippen molar-refractivity contribution in [2.45, 2.75) is 53.1 Å². The van der Waals surface area contributed by atoms with E-state index in [9.17, 15) is 4.79 Å². The van der Waals surface area contributed by atoms with Gasteiger partial charge in [-0.05, 0) is 44.6 Å². The maximum absolute atomic E-state index is 11.5. The Morgan fingerprint density at radius 3 is 2.46 bits per heavy atom. The Morgan fingerprint density at radius 2 is 1.86 bits per heavy atom. The van der Waals surface area contributed by atoms with Crippen molar-refractivity contribution in [3.8, 4) is 0 Å². The van der Waals surface area contributed by atoms with E-state index in [1.165, 1.54) is 0 Å². The van der Waals surface area contributed by atoms with E-state index in [0.29, 0.717) is 19.8 Å². The lowest BCUT2D eigenvalue weighted by molar-refractivity contribution is 0.0343. The summed E-state index contributed by atoms with van der Waals surface area (Å²) in [5.41, 5.74) is 1.69. The third kappa shape index (κ3) is 8.44. The van der Waals surface area contributed by atoms with Crippen LogP contribution < -0.4 is 10.8 Å². The fraction of sp³-hybridized carbons (Fsp3) is 0.619. The van der Waals surface area contributed by atoms with Crippen LogP contribution in [-0.4, -0.2) is 51.3 Å². The average Bonchev–Trinajstić information content (AvgIpc) is 2.60. The lowest BCUT2D eigenvalue weighted by Gasteiger charge is -2.33. The number of benzene rings is 1. The first-order chi connectivity index (χ1) is 13.1. The number of amides is 1. The van der Waals surface area contributed by atoms with Gasteiger partial charge in [0.1, 0.15) is 5.60 Å². The Labute approximate surface area is 169 Å². The van der Waals surface area contributed by atoms with Crippen LogP contribution in [0.15, 0.2) is 29.3 Å². The van der Waals surface area contributed by atoms with Crippen LogP contribution in [0.2, 0.25) is 0 Å². The van der Waals surface area contributed by atoms with Gasteiger partial charge in [0.2, 0.25) is 0 Å². The van der Waals surface area contributed by atoms with Gasteiger partial charge < -0.3 is 19.4 Å². The fourth-order valence-electron chi connectivity index (χ4n) is 2.63. The lowest BCUT2D eigenvalue weighted by Crippen LogP contribution is -2.47. The van der Waals surface area contributed by atoms with E-state index in [1.54, 1.807) is 0 Å². The van der Waals surface area contributed by atoms with Crippen LogP contribution in [0.1, 0.15) is 53.0 Å². The summed E-state index contributed by atoms with van der Waals surface area (Å²) in [5, 5.41) is 2.75. The Morgan fingerprint density at radius 1 is 1.21 bits per heavy atom. The van der Waals surface area contributed by atoms with Gasteiger partial charge in [-0.2, -0.15) is 0 Å². The second-order valence-electron chi connectivity index (χ2n) is 8.96. The summed E-state index contributed by atoms with van der Waals surface area (Å²) < 4.78 is 16.8. The summed E-state index contributed by atoms with van der Waals surface area (Å²) in [5.74, 6) is 0. The summed E-state index contributed by atoms with van der Waals surface area (Å²) >= 11 is 0. The molecule has 1 N–H and O–H groups in total. The maximum atomic E-state index is 11.5. The molecule has 1 amide bonds. The smallest absolute Gasteiger partial charge is 0.444 e. The molecule has 0 radical (unpaired) electrons. The summed E-state index contributed by atoms with van der Waals surface area (Å²) in [6.07, 6.45) is 3.27. The number of carbonyl (C=O) groups is 1. The summed E-state index contributed by atoms with van der Waals surface area (Å²) in [7, 11) is -0.281. The number of nitrogens with one attached hydrogen (secondary N) is 1. The van der Waals surface area contributed by atoms with Gasteiger partial charge >= 0.3 is 13.2 Å². The number of aliphatic imine (C=N–C) groups is 1. The number of rotatable bonds is 7. The third-order valence-electron chi connectivity index (χ3n) is 4.08. The normalized spacial score (nSPS) is 17.0. The zero-order valence-corrected chi connectivity index (χ0v) is 17.8. The van der Waals surface area contributed by atoms with E-state index < -0.39 is 5.60 Å². The van der Waals surface area contributed by atoms with Crippen LogP contribution >= 0.6 is 0 Å². The number of hydrogen-bond acceptors (Lipinski definition) is 5. The molecule has 0 aliphatic carbocycles. The minimum absolute atomic E-state index is 0.0749. The van der Waals surface area contributed by atoms with Crippen LogP contribution in [-0.2, 0) is 14.0 Å². The molecule has 1 saturated heterocycles. The molecule has 0 spiro atoms. The molecule has 6 nitrogen and oxygen atoms in total. The van der Waals surface area contributed by atoms with E-state index in [4.69, 9.17) is 14.0 Å². The van der Waals surface area contributed by atoms with Gasteiger partial charge in [-0.25, -0.2) is 4.79 Å². The number of nitrogens with zero attached hydrogens (tertiary/aromatic N) is 1. The standard InChI is InChI=1S/C21H33BN2O4/c1-20(2,3)28-19(25)24-13-7-6-12-23-14-17-8-10-18(11-9-17)22-26-15-21(4,5)16-27-22/h8-11,14H,6-7,12-13,15-16H2,1-5H3,(H,24,25). The third-order valence-corrected chi connectivity index (χ3v) is 4.08. The minimum Gasteiger partial charge on any atom is -0.444 e. The molecular formula is C21H33BN2O4. The van der Waals surface area contributed by atoms with Gasteiger partial charge in [0.25, 0.3) is 0 Å². The Bertz CT molecular complexity index is 643. The van der Waals surface area contributed by atoms with E-state index >= 15 is 0 Å². The van der Waals surface area contributed by atoms with Gasteiger partial charge in [0.15, 0.2) is 0 Å². The zero-order valence-electron chi connectivity index (χ0n) is 17.8. The van der Waals surface area contributed by atoms with Crippen molar-refractivity contribution < 1.29 is 18.8 Å². The van der Waals surface area contributed by atoms with Crippen LogP contribution in [0, 0.1) is 5.41 Å². The van der Waals surface area contributed by atoms with Gasteiger partial charge in [-0.15, -0.1) is 0 Å². The quantitative estimate of drug-likeness (QED) is 0.443. The highest BCUT2D eigenvalue weighted by atomic mass is 16.6. The zero-order chi connectivity index (χ0) is 20.6. The van der Waals surface area contributed by atoms with Gasteiger partial charge in [-0.3, -0.25) is 4.99 Å². The van der Waals surface area contributed by atoms with Crippen LogP contribution in [0.3, 0.4) is 0 Å². The number of hydrogen-bond donors (Lipinski definition) is 1. The molecule has 0 saturated carbocycles. The molecule has 0 unspecified atom stereocenters. The first kappa shape index (κ1) is 22.4. The molecule has 28 heavy (non-hydrogen) atoms. The van der Waals surface area contributed by atoms with E-state index in [2.05, 4.69) is 24.2 Å². The van der Waals surface area contributed by atoms with E-state index in [-0.39, 0.29) is 18.6 Å². The second-order valence-corrected chi connectivity index (χ2v) is 8.96. The van der Waals surface area contributed by atoms with Gasteiger partial charge in [0, 0.05) is 37.9 Å². The summed E-state index contributed by atoms with van der Waals surface area (Å²) in [6.45, 7) is 12.5. The molecule has 2 rings (SSSR count). The summed E-state index contributed by atoms with van der Waals surface area (Å²) in [4.78, 5) is 16.0. The van der Waals surface area contributed by atoms with Gasteiger partial charge in [0.05, 0.1) is 0 Å². The van der Waals surface area contributed by atoms with Crippen molar-refractivity contribution in [2.75, 3.05) is 26.3 Å². The second kappa shape index (κ2) is 10.1. The molecule has 1 heterocycles. The maximum Gasteiger partial charge on any atom is 0.493 e. The monoisotopic (exact) mass is 388 g/mol. The molecule has 0 aromatic heterocycles. The Balaban J connectivity index is 1.63.